The van der Waals surface area contributed by atoms with E-state index >= 15 is 0 Å². The Morgan fingerprint density at radius 1 is 1.55 bits per heavy atom. The van der Waals surface area contributed by atoms with E-state index in [0.29, 0.717) is 4.57 Å². The molecule has 22 heavy (non-hydrogen) atoms. The molecule has 5 N–H and O–H groups in total. The molecule has 0 bridgehead atoms. The number of aliphatic hydroxyl groups is 1. The first-order valence-corrected chi connectivity index (χ1v) is 7.31. The number of ether oxygens (including phenoxy) is 1. The summed E-state index contributed by atoms with van der Waals surface area (Å²) >= 11 is 0. The van der Waals surface area contributed by atoms with Gasteiger partial charge in [0.05, 0.1) is 6.61 Å². The van der Waals surface area contributed by atoms with Crippen molar-refractivity contribution < 1.29 is 37.5 Å². The molecule has 2 heterocycles. The number of nitrogen functional groups attached to an aromatic ring is 1. The fraction of sp³-hybridized carbons (Fsp3) is 0.556. The van der Waals surface area contributed by atoms with Gasteiger partial charge in [0.1, 0.15) is 11.9 Å². The third-order valence-corrected chi connectivity index (χ3v) is 3.38. The minimum absolute atomic E-state index is 0.190. The van der Waals surface area contributed by atoms with Gasteiger partial charge in [-0.05, 0) is 6.07 Å². The second-order valence-electron chi connectivity index (χ2n) is 4.47. The molecular formula is C9H12F2N3O7P. The number of nitrogens with two attached hydrogens (primary N) is 1. The Hall–Kier alpha value is -1.43. The molecule has 0 amide bonds. The molecule has 1 aliphatic heterocycles. The molecule has 0 aromatic carbocycles. The minimum Gasteiger partial charge on any atom is -0.384 e. The molecule has 0 spiro atoms. The normalized spacial score (nSPS) is 28.0. The summed E-state index contributed by atoms with van der Waals surface area (Å²) < 4.78 is 47.8. The van der Waals surface area contributed by atoms with Gasteiger partial charge in [0, 0.05) is 6.20 Å². The smallest absolute Gasteiger partial charge is 0.384 e. The number of phosphoric acid groups is 1. The van der Waals surface area contributed by atoms with E-state index in [1.165, 1.54) is 0 Å². The molecule has 1 fully saturated rings. The van der Waals surface area contributed by atoms with Crippen molar-refractivity contribution in [3.63, 3.8) is 0 Å². The Balaban J connectivity index is 2.26. The van der Waals surface area contributed by atoms with E-state index in [-0.39, 0.29) is 5.82 Å². The molecule has 13 heteroatoms. The number of alkyl halides is 2. The number of halogens is 2. The zero-order valence-corrected chi connectivity index (χ0v) is 11.6. The van der Waals surface area contributed by atoms with Crippen LogP contribution in [0.15, 0.2) is 17.1 Å². The molecule has 1 aromatic heterocycles. The van der Waals surface area contributed by atoms with Gasteiger partial charge in [-0.2, -0.15) is 13.8 Å². The first-order chi connectivity index (χ1) is 10.0. The fourth-order valence-electron chi connectivity index (χ4n) is 1.88. The van der Waals surface area contributed by atoms with Crippen LogP contribution in [0.3, 0.4) is 0 Å². The predicted molar refractivity (Wildman–Crippen MR) is 65.8 cm³/mol. The summed E-state index contributed by atoms with van der Waals surface area (Å²) in [6, 6.07) is 1.08. The predicted octanol–water partition coefficient (Wildman–Crippen LogP) is -1.17. The van der Waals surface area contributed by atoms with Gasteiger partial charge in [-0.25, -0.2) is 9.36 Å². The lowest BCUT2D eigenvalue weighted by Gasteiger charge is -2.20. The Morgan fingerprint density at radius 2 is 2.18 bits per heavy atom. The number of hydrogen-bond acceptors (Lipinski definition) is 7. The van der Waals surface area contributed by atoms with Crippen molar-refractivity contribution in [2.45, 2.75) is 24.4 Å². The number of phosphoric ester groups is 1. The quantitative estimate of drug-likeness (QED) is 0.494. The molecule has 1 aromatic rings. The average molecular weight is 343 g/mol. The molecule has 2 rings (SSSR count). The Bertz CT molecular complexity index is 663. The van der Waals surface area contributed by atoms with E-state index in [1.54, 1.807) is 0 Å². The first-order valence-electron chi connectivity index (χ1n) is 5.78. The van der Waals surface area contributed by atoms with Gasteiger partial charge < -0.3 is 25.4 Å². The zero-order chi connectivity index (χ0) is 16.7. The van der Waals surface area contributed by atoms with Crippen molar-refractivity contribution in [2.24, 2.45) is 0 Å². The van der Waals surface area contributed by atoms with Gasteiger partial charge in [-0.15, -0.1) is 0 Å². The van der Waals surface area contributed by atoms with Crippen LogP contribution in [0.4, 0.5) is 14.6 Å². The van der Waals surface area contributed by atoms with Crippen molar-refractivity contribution in [3.8, 4) is 0 Å². The highest BCUT2D eigenvalue weighted by molar-refractivity contribution is 7.46. The van der Waals surface area contributed by atoms with Crippen molar-refractivity contribution in [1.29, 1.82) is 0 Å². The third-order valence-electron chi connectivity index (χ3n) is 2.89. The van der Waals surface area contributed by atoms with Crippen LogP contribution < -0.4 is 11.4 Å². The maximum atomic E-state index is 14.0. The fourth-order valence-corrected chi connectivity index (χ4v) is 2.22. The number of nitrogens with zero attached hydrogens (tertiary/aromatic N) is 2. The second kappa shape index (κ2) is 5.65. The Labute approximate surface area is 121 Å². The highest BCUT2D eigenvalue weighted by atomic mass is 31.2. The minimum atomic E-state index is -4.93. The van der Waals surface area contributed by atoms with Gasteiger partial charge in [0.2, 0.25) is 6.23 Å². The molecule has 0 saturated carbocycles. The van der Waals surface area contributed by atoms with E-state index in [4.69, 9.17) is 20.3 Å². The molecule has 0 radical (unpaired) electrons. The molecule has 1 saturated heterocycles. The summed E-state index contributed by atoms with van der Waals surface area (Å²) in [6.07, 6.45) is -5.50. The van der Waals surface area contributed by atoms with E-state index < -0.39 is 44.5 Å². The standard InChI is InChI=1S/C9H12F2N3O7P/c10-9(11)6(15)4(3-20-22(17,18)19)21-7(9)14-2-1-5(12)13-8(14)16/h1-2,4,6-7,15H,3H2,(H2,12,13,16)(H2,17,18,19)/t4-,6?,7-/m1/s1. The first kappa shape index (κ1) is 16.9. The highest BCUT2D eigenvalue weighted by Crippen LogP contribution is 2.44. The van der Waals surface area contributed by atoms with E-state index in [9.17, 15) is 23.2 Å². The number of aliphatic hydroxyl groups excluding tert-OH is 1. The molecule has 124 valence electrons. The van der Waals surface area contributed by atoms with Crippen LogP contribution in [-0.4, -0.2) is 49.2 Å². The molecule has 10 nitrogen and oxygen atoms in total. The highest BCUT2D eigenvalue weighted by Gasteiger charge is 2.60. The van der Waals surface area contributed by atoms with Gasteiger partial charge in [0.15, 0.2) is 6.10 Å². The van der Waals surface area contributed by atoms with Crippen LogP contribution in [-0.2, 0) is 13.8 Å². The number of anilines is 1. The molecule has 1 aliphatic rings. The molecular weight excluding hydrogens is 331 g/mol. The van der Waals surface area contributed by atoms with Crippen LogP contribution in [0.5, 0.6) is 0 Å². The lowest BCUT2D eigenvalue weighted by atomic mass is 10.1. The van der Waals surface area contributed by atoms with Crippen LogP contribution in [0, 0.1) is 0 Å². The maximum Gasteiger partial charge on any atom is 0.469 e. The summed E-state index contributed by atoms with van der Waals surface area (Å²) in [5.74, 6) is -4.10. The van der Waals surface area contributed by atoms with E-state index in [2.05, 4.69) is 9.51 Å². The lowest BCUT2D eigenvalue weighted by molar-refractivity contribution is -0.140. The number of hydrogen-bond donors (Lipinski definition) is 4. The monoisotopic (exact) mass is 343 g/mol. The summed E-state index contributed by atoms with van der Waals surface area (Å²) in [6.45, 7) is -0.991. The molecule has 1 unspecified atom stereocenters. The molecule has 3 atom stereocenters. The van der Waals surface area contributed by atoms with Gasteiger partial charge in [0.25, 0.3) is 0 Å². The Kier molecular flexibility index (Phi) is 4.35. The summed E-state index contributed by atoms with van der Waals surface area (Å²) in [5, 5.41) is 9.52. The van der Waals surface area contributed by atoms with Gasteiger partial charge in [-0.1, -0.05) is 0 Å². The van der Waals surface area contributed by atoms with Crippen LogP contribution >= 0.6 is 7.82 Å². The molecule has 0 aliphatic carbocycles. The average Bonchev–Trinajstić information content (AvgIpc) is 2.59. The van der Waals surface area contributed by atoms with Crippen molar-refractivity contribution in [1.82, 2.24) is 9.55 Å². The summed E-state index contributed by atoms with van der Waals surface area (Å²) in [5.41, 5.74) is 4.10. The van der Waals surface area contributed by atoms with Crippen LogP contribution in [0.1, 0.15) is 6.23 Å². The summed E-state index contributed by atoms with van der Waals surface area (Å²) in [4.78, 5) is 31.9. The van der Waals surface area contributed by atoms with Crippen LogP contribution in [0.2, 0.25) is 0 Å². The lowest BCUT2D eigenvalue weighted by Crippen LogP contribution is -2.41. The topological polar surface area (TPSA) is 157 Å². The Morgan fingerprint density at radius 3 is 2.73 bits per heavy atom. The van der Waals surface area contributed by atoms with Crippen molar-refractivity contribution in [3.05, 3.63) is 22.7 Å². The third kappa shape index (κ3) is 3.32. The second-order valence-corrected chi connectivity index (χ2v) is 5.71. The summed E-state index contributed by atoms with van der Waals surface area (Å²) in [7, 11) is -4.93. The van der Waals surface area contributed by atoms with Gasteiger partial charge >= 0.3 is 19.4 Å². The SMILES string of the molecule is Nc1ccn([C@@H]2O[C@H](COP(=O)(O)O)C(O)C2(F)F)c(=O)n1. The van der Waals surface area contributed by atoms with Crippen LogP contribution in [0.25, 0.3) is 0 Å². The largest absolute Gasteiger partial charge is 0.469 e. The number of aromatic nitrogens is 2. The maximum absolute atomic E-state index is 14.0. The number of rotatable bonds is 4. The van der Waals surface area contributed by atoms with Crippen molar-refractivity contribution >= 4 is 13.6 Å². The van der Waals surface area contributed by atoms with E-state index in [1.807, 2.05) is 0 Å². The zero-order valence-electron chi connectivity index (χ0n) is 10.7. The van der Waals surface area contributed by atoms with Gasteiger partial charge in [-0.3, -0.25) is 9.09 Å². The van der Waals surface area contributed by atoms with E-state index in [0.717, 1.165) is 12.3 Å². The van der Waals surface area contributed by atoms with Crippen molar-refractivity contribution in [2.75, 3.05) is 12.3 Å².